The van der Waals surface area contributed by atoms with Crippen LogP contribution < -0.4 is 4.90 Å². The highest BCUT2D eigenvalue weighted by atomic mass is 16.2. The van der Waals surface area contributed by atoms with Crippen LogP contribution in [0.2, 0.25) is 0 Å². The lowest BCUT2D eigenvalue weighted by Crippen LogP contribution is -2.34. The minimum atomic E-state index is 0.131. The van der Waals surface area contributed by atoms with Gasteiger partial charge in [0.25, 0.3) is 0 Å². The third-order valence-corrected chi connectivity index (χ3v) is 4.57. The number of hydrogen-bond donors (Lipinski definition) is 0. The molecule has 1 saturated heterocycles. The van der Waals surface area contributed by atoms with Gasteiger partial charge in [0.1, 0.15) is 12.4 Å². The van der Waals surface area contributed by atoms with Crippen molar-refractivity contribution in [2.75, 3.05) is 25.5 Å². The molecule has 0 saturated carbocycles. The van der Waals surface area contributed by atoms with Gasteiger partial charge in [-0.2, -0.15) is 5.10 Å². The molecule has 0 spiro atoms. The van der Waals surface area contributed by atoms with E-state index in [2.05, 4.69) is 16.1 Å². The molecule has 6 nitrogen and oxygen atoms in total. The lowest BCUT2D eigenvalue weighted by atomic mass is 10.1. The SMILES string of the molecule is Cc1cc(C)n(CC(=O)N2CCC[C@H]2c2ccnc(N(C)C)c2)n1. The maximum Gasteiger partial charge on any atom is 0.244 e. The second-order valence-electron chi connectivity index (χ2n) is 6.67. The molecule has 1 atom stereocenters. The van der Waals surface area contributed by atoms with Gasteiger partial charge in [-0.15, -0.1) is 0 Å². The summed E-state index contributed by atoms with van der Waals surface area (Å²) in [6.45, 7) is 5.05. The Kier molecular flexibility index (Phi) is 4.55. The highest BCUT2D eigenvalue weighted by Gasteiger charge is 2.30. The highest BCUT2D eigenvalue weighted by Crippen LogP contribution is 2.33. The molecule has 1 amide bonds. The molecular weight excluding hydrogens is 302 g/mol. The molecule has 0 unspecified atom stereocenters. The average molecular weight is 327 g/mol. The summed E-state index contributed by atoms with van der Waals surface area (Å²) in [6, 6.07) is 6.24. The normalized spacial score (nSPS) is 17.3. The molecule has 2 aromatic heterocycles. The van der Waals surface area contributed by atoms with Gasteiger partial charge in [-0.05, 0) is 50.5 Å². The summed E-state index contributed by atoms with van der Waals surface area (Å²) in [5.41, 5.74) is 3.13. The van der Waals surface area contributed by atoms with Crippen LogP contribution in [0.4, 0.5) is 5.82 Å². The molecule has 6 heteroatoms. The molecule has 1 aliphatic rings. The van der Waals surface area contributed by atoms with Gasteiger partial charge in [0.15, 0.2) is 0 Å². The van der Waals surface area contributed by atoms with Crippen LogP contribution in [-0.2, 0) is 11.3 Å². The number of likely N-dealkylation sites (tertiary alicyclic amines) is 1. The van der Waals surface area contributed by atoms with Gasteiger partial charge in [0.2, 0.25) is 5.91 Å². The third-order valence-electron chi connectivity index (χ3n) is 4.57. The fourth-order valence-corrected chi connectivity index (χ4v) is 3.35. The predicted molar refractivity (Wildman–Crippen MR) is 94.0 cm³/mol. The molecule has 0 N–H and O–H groups in total. The minimum absolute atomic E-state index is 0.131. The van der Waals surface area contributed by atoms with Gasteiger partial charge >= 0.3 is 0 Å². The van der Waals surface area contributed by atoms with Gasteiger partial charge in [-0.1, -0.05) is 0 Å². The second kappa shape index (κ2) is 6.63. The molecule has 0 bridgehead atoms. The lowest BCUT2D eigenvalue weighted by molar-refractivity contribution is -0.133. The van der Waals surface area contributed by atoms with Crippen molar-refractivity contribution in [2.45, 2.75) is 39.3 Å². The minimum Gasteiger partial charge on any atom is -0.363 e. The van der Waals surface area contributed by atoms with E-state index in [0.29, 0.717) is 6.54 Å². The van der Waals surface area contributed by atoms with Crippen molar-refractivity contribution in [3.63, 3.8) is 0 Å². The van der Waals surface area contributed by atoms with E-state index in [1.807, 2.05) is 56.1 Å². The number of nitrogens with zero attached hydrogens (tertiary/aromatic N) is 5. The molecule has 1 aliphatic heterocycles. The van der Waals surface area contributed by atoms with E-state index >= 15 is 0 Å². The van der Waals surface area contributed by atoms with Crippen LogP contribution in [0.5, 0.6) is 0 Å². The van der Waals surface area contributed by atoms with Gasteiger partial charge < -0.3 is 9.80 Å². The number of anilines is 1. The summed E-state index contributed by atoms with van der Waals surface area (Å²) in [5.74, 6) is 1.05. The van der Waals surface area contributed by atoms with Gasteiger partial charge in [0, 0.05) is 32.5 Å². The number of amides is 1. The van der Waals surface area contributed by atoms with Crippen LogP contribution in [0.3, 0.4) is 0 Å². The highest BCUT2D eigenvalue weighted by molar-refractivity contribution is 5.77. The number of rotatable bonds is 4. The van der Waals surface area contributed by atoms with Crippen molar-refractivity contribution in [3.8, 4) is 0 Å². The number of hydrogen-bond acceptors (Lipinski definition) is 4. The summed E-state index contributed by atoms with van der Waals surface area (Å²) < 4.78 is 1.80. The third kappa shape index (κ3) is 3.27. The number of aryl methyl sites for hydroxylation is 2. The number of aromatic nitrogens is 3. The quantitative estimate of drug-likeness (QED) is 0.865. The summed E-state index contributed by atoms with van der Waals surface area (Å²) in [7, 11) is 3.96. The number of pyridine rings is 1. The number of carbonyl (C=O) groups excluding carboxylic acids is 1. The average Bonchev–Trinajstić information content (AvgIpc) is 3.14. The molecule has 3 rings (SSSR count). The maximum atomic E-state index is 12.8. The molecule has 0 aliphatic carbocycles. The van der Waals surface area contributed by atoms with Gasteiger partial charge in [0.05, 0.1) is 11.7 Å². The Morgan fingerprint density at radius 3 is 2.79 bits per heavy atom. The smallest absolute Gasteiger partial charge is 0.244 e. The monoisotopic (exact) mass is 327 g/mol. The van der Waals surface area contributed by atoms with Gasteiger partial charge in [-0.3, -0.25) is 9.48 Å². The molecule has 1 fully saturated rings. The van der Waals surface area contributed by atoms with Gasteiger partial charge in [-0.25, -0.2) is 4.98 Å². The first kappa shape index (κ1) is 16.5. The summed E-state index contributed by atoms with van der Waals surface area (Å²) in [5, 5.41) is 4.41. The zero-order valence-electron chi connectivity index (χ0n) is 14.9. The zero-order chi connectivity index (χ0) is 17.3. The summed E-state index contributed by atoms with van der Waals surface area (Å²) >= 11 is 0. The van der Waals surface area contributed by atoms with Crippen molar-refractivity contribution in [2.24, 2.45) is 0 Å². The van der Waals surface area contributed by atoms with Crippen molar-refractivity contribution < 1.29 is 4.79 Å². The fraction of sp³-hybridized carbons (Fsp3) is 0.500. The molecule has 0 radical (unpaired) electrons. The van der Waals surface area contributed by atoms with E-state index in [4.69, 9.17) is 0 Å². The topological polar surface area (TPSA) is 54.3 Å². The van der Waals surface area contributed by atoms with Crippen molar-refractivity contribution in [1.82, 2.24) is 19.7 Å². The first-order valence-electron chi connectivity index (χ1n) is 8.39. The molecule has 128 valence electrons. The fourth-order valence-electron chi connectivity index (χ4n) is 3.35. The molecule has 3 heterocycles. The first-order valence-corrected chi connectivity index (χ1v) is 8.39. The maximum absolute atomic E-state index is 12.8. The molecule has 24 heavy (non-hydrogen) atoms. The first-order chi connectivity index (χ1) is 11.5. The number of carbonyl (C=O) groups is 1. The van der Waals surface area contributed by atoms with Crippen LogP contribution in [0.1, 0.15) is 35.8 Å². The Labute approximate surface area is 143 Å². The van der Waals surface area contributed by atoms with E-state index < -0.39 is 0 Å². The van der Waals surface area contributed by atoms with Crippen LogP contribution in [-0.4, -0.2) is 46.2 Å². The van der Waals surface area contributed by atoms with E-state index in [9.17, 15) is 4.79 Å². The Bertz CT molecular complexity index is 737. The Morgan fingerprint density at radius 2 is 2.12 bits per heavy atom. The zero-order valence-corrected chi connectivity index (χ0v) is 14.9. The standard InChI is InChI=1S/C18H25N5O/c1-13-10-14(2)23(20-13)12-18(24)22-9-5-6-16(22)15-7-8-19-17(11-15)21(3)4/h7-8,10-11,16H,5-6,9,12H2,1-4H3/t16-/m0/s1. The van der Waals surface area contributed by atoms with Crippen molar-refractivity contribution >= 4 is 11.7 Å². The Morgan fingerprint density at radius 1 is 1.33 bits per heavy atom. The van der Waals surface area contributed by atoms with Crippen molar-refractivity contribution in [1.29, 1.82) is 0 Å². The molecular formula is C18H25N5O. The molecule has 0 aromatic carbocycles. The predicted octanol–water partition coefficient (Wildman–Crippen LogP) is 2.32. The van der Waals surface area contributed by atoms with E-state index in [1.54, 1.807) is 4.68 Å². The van der Waals surface area contributed by atoms with Crippen LogP contribution in [0.25, 0.3) is 0 Å². The molecule has 2 aromatic rings. The van der Waals surface area contributed by atoms with Crippen LogP contribution in [0, 0.1) is 13.8 Å². The van der Waals surface area contributed by atoms with Crippen LogP contribution >= 0.6 is 0 Å². The Hall–Kier alpha value is -2.37. The van der Waals surface area contributed by atoms with E-state index in [0.717, 1.165) is 42.2 Å². The summed E-state index contributed by atoms with van der Waals surface area (Å²) in [6.07, 6.45) is 3.86. The van der Waals surface area contributed by atoms with E-state index in [-0.39, 0.29) is 11.9 Å². The lowest BCUT2D eigenvalue weighted by Gasteiger charge is -2.26. The second-order valence-corrected chi connectivity index (χ2v) is 6.67. The van der Waals surface area contributed by atoms with Crippen molar-refractivity contribution in [3.05, 3.63) is 41.3 Å². The summed E-state index contributed by atoms with van der Waals surface area (Å²) in [4.78, 5) is 21.2. The largest absolute Gasteiger partial charge is 0.363 e. The Balaban J connectivity index is 1.79. The van der Waals surface area contributed by atoms with E-state index in [1.165, 1.54) is 0 Å². The van der Waals surface area contributed by atoms with Crippen LogP contribution in [0.15, 0.2) is 24.4 Å².